The number of hydrogen-bond acceptors (Lipinski definition) is 5. The Morgan fingerprint density at radius 3 is 2.60 bits per heavy atom. The Kier molecular flexibility index (Phi) is 7.45. The minimum Gasteiger partial charge on any atom is -0.466 e. The molecule has 8 heteroatoms. The molecule has 0 aliphatic carbocycles. The van der Waals surface area contributed by atoms with Crippen LogP contribution < -0.4 is 10.2 Å². The first kappa shape index (κ1) is 22.2. The van der Waals surface area contributed by atoms with Gasteiger partial charge in [-0.15, -0.1) is 0 Å². The average Bonchev–Trinajstić information content (AvgIpc) is 3.07. The SMILES string of the molecule is CCOC(=O)CCn1c(Nc2ccc(Cl)cc2Cl)nc2cccc(N(CC)CC)c21. The Bertz CT molecular complexity index is 1030. The van der Waals surface area contributed by atoms with Gasteiger partial charge in [0, 0.05) is 24.7 Å². The Balaban J connectivity index is 2.09. The van der Waals surface area contributed by atoms with Crippen molar-refractivity contribution in [2.24, 2.45) is 0 Å². The number of ether oxygens (including phenoxy) is 1. The molecular formula is C22H26Cl2N4O2. The predicted molar refractivity (Wildman–Crippen MR) is 124 cm³/mol. The second-order valence-corrected chi connectivity index (χ2v) is 7.55. The van der Waals surface area contributed by atoms with Crippen LogP contribution in [-0.2, 0) is 16.1 Å². The number of halogens is 2. The Labute approximate surface area is 186 Å². The van der Waals surface area contributed by atoms with Crippen LogP contribution in [0.25, 0.3) is 11.0 Å². The number of esters is 1. The van der Waals surface area contributed by atoms with E-state index in [1.165, 1.54) is 0 Å². The van der Waals surface area contributed by atoms with E-state index in [9.17, 15) is 4.79 Å². The second-order valence-electron chi connectivity index (χ2n) is 6.71. The number of nitrogens with one attached hydrogen (secondary N) is 1. The number of carbonyl (C=O) groups is 1. The standard InChI is InChI=1S/C22H26Cl2N4O2/c1-4-27(5-2)19-9-7-8-18-21(19)28(13-12-20(29)30-6-3)22(26-18)25-17-11-10-15(23)14-16(17)24/h7-11,14H,4-6,12-13H2,1-3H3,(H,25,26). The maximum Gasteiger partial charge on any atom is 0.307 e. The fourth-order valence-electron chi connectivity index (χ4n) is 3.45. The van der Waals surface area contributed by atoms with Crippen LogP contribution in [0.1, 0.15) is 27.2 Å². The van der Waals surface area contributed by atoms with Crippen molar-refractivity contribution in [1.82, 2.24) is 9.55 Å². The summed E-state index contributed by atoms with van der Waals surface area (Å²) in [5.74, 6) is 0.369. The van der Waals surface area contributed by atoms with Gasteiger partial charge in [-0.3, -0.25) is 4.79 Å². The smallest absolute Gasteiger partial charge is 0.307 e. The van der Waals surface area contributed by atoms with Crippen LogP contribution in [0.3, 0.4) is 0 Å². The first-order valence-corrected chi connectivity index (χ1v) is 10.9. The zero-order valence-corrected chi connectivity index (χ0v) is 18.9. The molecule has 0 aliphatic heterocycles. The fourth-order valence-corrected chi connectivity index (χ4v) is 3.90. The number of fused-ring (bicyclic) bond motifs is 1. The molecule has 6 nitrogen and oxygen atoms in total. The van der Waals surface area contributed by atoms with E-state index in [-0.39, 0.29) is 12.4 Å². The molecule has 3 rings (SSSR count). The molecule has 1 heterocycles. The summed E-state index contributed by atoms with van der Waals surface area (Å²) in [4.78, 5) is 19.1. The van der Waals surface area contributed by atoms with Crippen molar-refractivity contribution in [3.8, 4) is 0 Å². The topological polar surface area (TPSA) is 59.4 Å². The van der Waals surface area contributed by atoms with Crippen LogP contribution in [-0.4, -0.2) is 35.2 Å². The highest BCUT2D eigenvalue weighted by Crippen LogP contribution is 2.33. The van der Waals surface area contributed by atoms with Gasteiger partial charge in [0.05, 0.1) is 40.5 Å². The van der Waals surface area contributed by atoms with Crippen molar-refractivity contribution in [3.05, 3.63) is 46.4 Å². The number of carbonyl (C=O) groups excluding carboxylic acids is 1. The van der Waals surface area contributed by atoms with E-state index in [2.05, 4.69) is 30.1 Å². The monoisotopic (exact) mass is 448 g/mol. The van der Waals surface area contributed by atoms with Crippen molar-refractivity contribution in [2.45, 2.75) is 33.7 Å². The summed E-state index contributed by atoms with van der Waals surface area (Å²) in [7, 11) is 0. The number of nitrogens with zero attached hydrogens (tertiary/aromatic N) is 3. The van der Waals surface area contributed by atoms with Gasteiger partial charge in [0.15, 0.2) is 0 Å². The lowest BCUT2D eigenvalue weighted by molar-refractivity contribution is -0.143. The second kappa shape index (κ2) is 10.0. The van der Waals surface area contributed by atoms with Gasteiger partial charge in [-0.2, -0.15) is 0 Å². The number of anilines is 3. The molecule has 0 radical (unpaired) electrons. The molecule has 0 atom stereocenters. The Morgan fingerprint density at radius 1 is 1.17 bits per heavy atom. The molecule has 2 aromatic carbocycles. The lowest BCUT2D eigenvalue weighted by Gasteiger charge is -2.23. The van der Waals surface area contributed by atoms with Gasteiger partial charge in [-0.05, 0) is 51.1 Å². The van der Waals surface area contributed by atoms with Crippen molar-refractivity contribution < 1.29 is 9.53 Å². The number of para-hydroxylation sites is 1. The Hall–Kier alpha value is -2.44. The van der Waals surface area contributed by atoms with Crippen molar-refractivity contribution in [3.63, 3.8) is 0 Å². The maximum atomic E-state index is 12.0. The molecule has 0 saturated carbocycles. The van der Waals surface area contributed by atoms with Crippen molar-refractivity contribution in [2.75, 3.05) is 29.9 Å². The highest BCUT2D eigenvalue weighted by Gasteiger charge is 2.18. The number of aryl methyl sites for hydroxylation is 1. The summed E-state index contributed by atoms with van der Waals surface area (Å²) in [5, 5.41) is 4.36. The van der Waals surface area contributed by atoms with Crippen LogP contribution in [0.5, 0.6) is 0 Å². The zero-order valence-electron chi connectivity index (χ0n) is 17.4. The highest BCUT2D eigenvalue weighted by molar-refractivity contribution is 6.36. The quantitative estimate of drug-likeness (QED) is 0.413. The molecule has 0 saturated heterocycles. The summed E-state index contributed by atoms with van der Waals surface area (Å²) < 4.78 is 7.14. The fraction of sp³-hybridized carbons (Fsp3) is 0.364. The van der Waals surface area contributed by atoms with Gasteiger partial charge < -0.3 is 19.5 Å². The first-order valence-electron chi connectivity index (χ1n) is 10.1. The normalized spacial score (nSPS) is 11.0. The van der Waals surface area contributed by atoms with Gasteiger partial charge in [0.1, 0.15) is 0 Å². The van der Waals surface area contributed by atoms with Crippen molar-refractivity contribution in [1.29, 1.82) is 0 Å². The van der Waals surface area contributed by atoms with E-state index in [4.69, 9.17) is 32.9 Å². The third-order valence-corrected chi connectivity index (χ3v) is 5.42. The van der Waals surface area contributed by atoms with E-state index in [0.717, 1.165) is 29.8 Å². The Morgan fingerprint density at radius 2 is 1.93 bits per heavy atom. The molecule has 1 aromatic heterocycles. The van der Waals surface area contributed by atoms with Gasteiger partial charge in [0.2, 0.25) is 5.95 Å². The highest BCUT2D eigenvalue weighted by atomic mass is 35.5. The molecule has 0 bridgehead atoms. The minimum absolute atomic E-state index is 0.241. The largest absolute Gasteiger partial charge is 0.466 e. The maximum absolute atomic E-state index is 12.0. The molecule has 0 amide bonds. The summed E-state index contributed by atoms with van der Waals surface area (Å²) >= 11 is 12.4. The number of hydrogen-bond donors (Lipinski definition) is 1. The van der Waals surface area contributed by atoms with E-state index < -0.39 is 0 Å². The molecule has 0 fully saturated rings. The van der Waals surface area contributed by atoms with Gasteiger partial charge in [0.25, 0.3) is 0 Å². The number of imidazole rings is 1. The van der Waals surface area contributed by atoms with Crippen LogP contribution in [0.4, 0.5) is 17.3 Å². The van der Waals surface area contributed by atoms with Crippen LogP contribution in [0.2, 0.25) is 10.0 Å². The van der Waals surface area contributed by atoms with Gasteiger partial charge in [-0.1, -0.05) is 29.3 Å². The lowest BCUT2D eigenvalue weighted by atomic mass is 10.2. The summed E-state index contributed by atoms with van der Waals surface area (Å²) in [6.45, 7) is 8.57. The third-order valence-electron chi connectivity index (χ3n) is 4.87. The summed E-state index contributed by atoms with van der Waals surface area (Å²) in [6.07, 6.45) is 0.245. The van der Waals surface area contributed by atoms with E-state index >= 15 is 0 Å². The molecule has 1 N–H and O–H groups in total. The molecule has 30 heavy (non-hydrogen) atoms. The third kappa shape index (κ3) is 4.82. The van der Waals surface area contributed by atoms with Crippen LogP contribution in [0, 0.1) is 0 Å². The first-order chi connectivity index (χ1) is 14.5. The van der Waals surface area contributed by atoms with Crippen LogP contribution >= 0.6 is 23.2 Å². The minimum atomic E-state index is -0.241. The molecule has 0 aliphatic rings. The summed E-state index contributed by atoms with van der Waals surface area (Å²) in [6, 6.07) is 11.3. The molecule has 3 aromatic rings. The van der Waals surface area contributed by atoms with Crippen LogP contribution in [0.15, 0.2) is 36.4 Å². The number of aromatic nitrogens is 2. The molecule has 160 valence electrons. The number of benzene rings is 2. The predicted octanol–water partition coefficient (Wildman–Crippen LogP) is 5.89. The molecular weight excluding hydrogens is 423 g/mol. The zero-order chi connectivity index (χ0) is 21.7. The summed E-state index contributed by atoms with van der Waals surface area (Å²) in [5.41, 5.74) is 3.58. The van der Waals surface area contributed by atoms with E-state index in [1.807, 2.05) is 22.8 Å². The molecule has 0 unspecified atom stereocenters. The van der Waals surface area contributed by atoms with E-state index in [0.29, 0.717) is 34.8 Å². The lowest BCUT2D eigenvalue weighted by Crippen LogP contribution is -2.22. The van der Waals surface area contributed by atoms with Gasteiger partial charge >= 0.3 is 5.97 Å². The number of rotatable bonds is 9. The van der Waals surface area contributed by atoms with Crippen molar-refractivity contribution >= 4 is 57.5 Å². The average molecular weight is 449 g/mol. The molecule has 0 spiro atoms. The van der Waals surface area contributed by atoms with E-state index in [1.54, 1.807) is 19.1 Å². The van der Waals surface area contributed by atoms with Gasteiger partial charge in [-0.25, -0.2) is 4.98 Å².